The SMILES string of the molecule is CCOc1ccc(OCC(=O)N(CC(C)O)CC(C)C(=O)OC)cc1. The van der Waals surface area contributed by atoms with Gasteiger partial charge in [-0.05, 0) is 38.1 Å². The van der Waals surface area contributed by atoms with Crippen molar-refractivity contribution in [1.82, 2.24) is 4.90 Å². The first kappa shape index (κ1) is 20.8. The maximum Gasteiger partial charge on any atom is 0.310 e. The molecule has 0 fully saturated rings. The van der Waals surface area contributed by atoms with Gasteiger partial charge in [-0.3, -0.25) is 9.59 Å². The molecule has 1 rings (SSSR count). The normalized spacial score (nSPS) is 12.8. The minimum Gasteiger partial charge on any atom is -0.494 e. The molecule has 0 spiro atoms. The van der Waals surface area contributed by atoms with Crippen LogP contribution in [0.5, 0.6) is 11.5 Å². The number of rotatable bonds is 10. The van der Waals surface area contributed by atoms with Gasteiger partial charge in [-0.1, -0.05) is 6.92 Å². The first-order valence-corrected chi connectivity index (χ1v) is 8.26. The lowest BCUT2D eigenvalue weighted by Gasteiger charge is -2.26. The summed E-state index contributed by atoms with van der Waals surface area (Å²) < 4.78 is 15.5. The molecule has 1 aromatic carbocycles. The summed E-state index contributed by atoms with van der Waals surface area (Å²) in [5.74, 6) is 0.0539. The molecule has 0 radical (unpaired) electrons. The number of aliphatic hydroxyl groups is 1. The lowest BCUT2D eigenvalue weighted by Crippen LogP contribution is -2.43. The van der Waals surface area contributed by atoms with Crippen molar-refractivity contribution in [1.29, 1.82) is 0 Å². The molecule has 0 aliphatic carbocycles. The fourth-order valence-corrected chi connectivity index (χ4v) is 2.24. The number of amides is 1. The van der Waals surface area contributed by atoms with Gasteiger partial charge in [-0.15, -0.1) is 0 Å². The molecule has 1 amide bonds. The summed E-state index contributed by atoms with van der Waals surface area (Å²) in [5.41, 5.74) is 0. The van der Waals surface area contributed by atoms with E-state index >= 15 is 0 Å². The average Bonchev–Trinajstić information content (AvgIpc) is 2.59. The van der Waals surface area contributed by atoms with Gasteiger partial charge in [0.2, 0.25) is 0 Å². The Bertz CT molecular complexity index is 543. The van der Waals surface area contributed by atoms with Crippen LogP contribution in [0.1, 0.15) is 20.8 Å². The molecule has 25 heavy (non-hydrogen) atoms. The van der Waals surface area contributed by atoms with E-state index in [1.54, 1.807) is 38.1 Å². The lowest BCUT2D eigenvalue weighted by molar-refractivity contribution is -0.147. The third-order valence-electron chi connectivity index (χ3n) is 3.43. The van der Waals surface area contributed by atoms with Crippen molar-refractivity contribution in [2.24, 2.45) is 5.92 Å². The van der Waals surface area contributed by atoms with Crippen molar-refractivity contribution in [3.8, 4) is 11.5 Å². The first-order valence-electron chi connectivity index (χ1n) is 8.26. The highest BCUT2D eigenvalue weighted by Crippen LogP contribution is 2.17. The van der Waals surface area contributed by atoms with E-state index in [0.717, 1.165) is 5.75 Å². The van der Waals surface area contributed by atoms with Crippen molar-refractivity contribution >= 4 is 11.9 Å². The van der Waals surface area contributed by atoms with Crippen LogP contribution in [0.4, 0.5) is 0 Å². The summed E-state index contributed by atoms with van der Waals surface area (Å²) in [6.07, 6.45) is -0.709. The Labute approximate surface area is 148 Å². The van der Waals surface area contributed by atoms with Crippen molar-refractivity contribution in [2.75, 3.05) is 33.4 Å². The number of aliphatic hydroxyl groups excluding tert-OH is 1. The minimum absolute atomic E-state index is 0.118. The highest BCUT2D eigenvalue weighted by Gasteiger charge is 2.23. The standard InChI is InChI=1S/C18H27NO6/c1-5-24-15-6-8-16(9-7-15)25-12-17(21)19(11-14(3)20)10-13(2)18(22)23-4/h6-9,13-14,20H,5,10-12H2,1-4H3. The van der Waals surface area contributed by atoms with Crippen LogP contribution < -0.4 is 9.47 Å². The van der Waals surface area contributed by atoms with Crippen molar-refractivity contribution < 1.29 is 28.9 Å². The predicted octanol–water partition coefficient (Wildman–Crippen LogP) is 1.48. The van der Waals surface area contributed by atoms with E-state index in [0.29, 0.717) is 12.4 Å². The molecule has 0 bridgehead atoms. The molecule has 7 nitrogen and oxygen atoms in total. The van der Waals surface area contributed by atoms with E-state index in [9.17, 15) is 14.7 Å². The van der Waals surface area contributed by atoms with Gasteiger partial charge >= 0.3 is 5.97 Å². The van der Waals surface area contributed by atoms with Gasteiger partial charge in [0.05, 0.1) is 25.7 Å². The highest BCUT2D eigenvalue weighted by molar-refractivity contribution is 5.79. The summed E-state index contributed by atoms with van der Waals surface area (Å²) >= 11 is 0. The largest absolute Gasteiger partial charge is 0.494 e. The molecule has 0 saturated heterocycles. The monoisotopic (exact) mass is 353 g/mol. The third-order valence-corrected chi connectivity index (χ3v) is 3.43. The van der Waals surface area contributed by atoms with Crippen LogP contribution >= 0.6 is 0 Å². The van der Waals surface area contributed by atoms with Gasteiger partial charge < -0.3 is 24.2 Å². The summed E-state index contributed by atoms with van der Waals surface area (Å²) in [4.78, 5) is 25.3. The molecular formula is C18H27NO6. The van der Waals surface area contributed by atoms with Gasteiger partial charge in [-0.25, -0.2) is 0 Å². The molecule has 2 unspecified atom stereocenters. The lowest BCUT2D eigenvalue weighted by atomic mass is 10.1. The molecule has 0 aliphatic rings. The van der Waals surface area contributed by atoms with E-state index in [-0.39, 0.29) is 25.6 Å². The van der Waals surface area contributed by atoms with E-state index in [1.807, 2.05) is 6.92 Å². The molecular weight excluding hydrogens is 326 g/mol. The fraction of sp³-hybridized carbons (Fsp3) is 0.556. The average molecular weight is 353 g/mol. The molecule has 1 aromatic rings. The Morgan fingerprint density at radius 1 is 1.08 bits per heavy atom. The van der Waals surface area contributed by atoms with Crippen molar-refractivity contribution in [2.45, 2.75) is 26.9 Å². The van der Waals surface area contributed by atoms with Crippen LogP contribution in [0.25, 0.3) is 0 Å². The first-order chi connectivity index (χ1) is 11.9. The quantitative estimate of drug-likeness (QED) is 0.642. The van der Waals surface area contributed by atoms with Gasteiger partial charge in [0.15, 0.2) is 6.61 Å². The van der Waals surface area contributed by atoms with Crippen LogP contribution in [0.2, 0.25) is 0 Å². The smallest absolute Gasteiger partial charge is 0.310 e. The molecule has 0 heterocycles. The van der Waals surface area contributed by atoms with Gasteiger partial charge in [0.1, 0.15) is 11.5 Å². The summed E-state index contributed by atoms with van der Waals surface area (Å²) in [7, 11) is 1.30. The number of esters is 1. The second-order valence-corrected chi connectivity index (χ2v) is 5.77. The Morgan fingerprint density at radius 3 is 2.12 bits per heavy atom. The molecule has 0 aromatic heterocycles. The second-order valence-electron chi connectivity index (χ2n) is 5.77. The number of nitrogens with zero attached hydrogens (tertiary/aromatic N) is 1. The Balaban J connectivity index is 2.63. The van der Waals surface area contributed by atoms with E-state index in [1.165, 1.54) is 12.0 Å². The number of hydrogen-bond acceptors (Lipinski definition) is 6. The maximum absolute atomic E-state index is 12.4. The fourth-order valence-electron chi connectivity index (χ4n) is 2.24. The number of benzene rings is 1. The summed E-state index contributed by atoms with van der Waals surface area (Å²) in [6, 6.07) is 6.95. The summed E-state index contributed by atoms with van der Waals surface area (Å²) in [5, 5.41) is 9.58. The molecule has 0 saturated carbocycles. The van der Waals surface area contributed by atoms with E-state index < -0.39 is 18.0 Å². The molecule has 1 N–H and O–H groups in total. The van der Waals surface area contributed by atoms with Crippen LogP contribution in [-0.2, 0) is 14.3 Å². The zero-order valence-electron chi connectivity index (χ0n) is 15.2. The molecule has 7 heteroatoms. The van der Waals surface area contributed by atoms with E-state index in [4.69, 9.17) is 9.47 Å². The predicted molar refractivity (Wildman–Crippen MR) is 92.5 cm³/mol. The number of ether oxygens (including phenoxy) is 3. The van der Waals surface area contributed by atoms with Crippen LogP contribution in [0, 0.1) is 5.92 Å². The Morgan fingerprint density at radius 2 is 1.64 bits per heavy atom. The molecule has 140 valence electrons. The van der Waals surface area contributed by atoms with Crippen LogP contribution in [-0.4, -0.2) is 61.4 Å². The Kier molecular flexibility index (Phi) is 8.77. The second kappa shape index (κ2) is 10.6. The zero-order chi connectivity index (χ0) is 18.8. The zero-order valence-corrected chi connectivity index (χ0v) is 15.2. The summed E-state index contributed by atoms with van der Waals surface area (Å²) in [6.45, 7) is 5.81. The van der Waals surface area contributed by atoms with Crippen LogP contribution in [0.3, 0.4) is 0 Å². The molecule has 0 aliphatic heterocycles. The topological polar surface area (TPSA) is 85.3 Å². The number of carbonyl (C=O) groups excluding carboxylic acids is 2. The number of methoxy groups -OCH3 is 1. The van der Waals surface area contributed by atoms with Gasteiger partial charge in [0, 0.05) is 13.1 Å². The third kappa shape index (κ3) is 7.43. The van der Waals surface area contributed by atoms with E-state index in [2.05, 4.69) is 4.74 Å². The minimum atomic E-state index is -0.709. The number of hydrogen-bond donors (Lipinski definition) is 1. The number of carbonyl (C=O) groups is 2. The Hall–Kier alpha value is -2.28. The highest BCUT2D eigenvalue weighted by atomic mass is 16.5. The van der Waals surface area contributed by atoms with Crippen molar-refractivity contribution in [3.63, 3.8) is 0 Å². The molecule has 2 atom stereocenters. The van der Waals surface area contributed by atoms with Crippen molar-refractivity contribution in [3.05, 3.63) is 24.3 Å². The van der Waals surface area contributed by atoms with Gasteiger partial charge in [0.25, 0.3) is 5.91 Å². The van der Waals surface area contributed by atoms with Gasteiger partial charge in [-0.2, -0.15) is 0 Å². The maximum atomic E-state index is 12.4. The van der Waals surface area contributed by atoms with Crippen LogP contribution in [0.15, 0.2) is 24.3 Å².